The highest BCUT2D eigenvalue weighted by Crippen LogP contribution is 2.27. The van der Waals surface area contributed by atoms with Crippen molar-refractivity contribution in [2.75, 3.05) is 6.54 Å². The molecular weight excluding hydrogens is 292 g/mol. The van der Waals surface area contributed by atoms with Crippen LogP contribution in [0.1, 0.15) is 37.7 Å². The second kappa shape index (κ2) is 6.94. The highest BCUT2D eigenvalue weighted by atomic mass is 16.2. The predicted molar refractivity (Wildman–Crippen MR) is 85.4 cm³/mol. The minimum atomic E-state index is -0.629. The number of amides is 2. The van der Waals surface area contributed by atoms with E-state index in [9.17, 15) is 14.4 Å². The summed E-state index contributed by atoms with van der Waals surface area (Å²) in [5, 5.41) is 2.71. The van der Waals surface area contributed by atoms with Crippen molar-refractivity contribution in [3.8, 4) is 0 Å². The molecule has 5 nitrogen and oxygen atoms in total. The first kappa shape index (κ1) is 15.7. The molecule has 1 saturated carbocycles. The SMILES string of the molecule is O=C(NCC1CC1)C(=O)C1CCCC(=O)N1Cc1ccccc1. The van der Waals surface area contributed by atoms with Gasteiger partial charge in [0, 0.05) is 19.5 Å². The van der Waals surface area contributed by atoms with E-state index in [4.69, 9.17) is 0 Å². The van der Waals surface area contributed by atoms with Crippen molar-refractivity contribution in [3.05, 3.63) is 35.9 Å². The lowest BCUT2D eigenvalue weighted by atomic mass is 9.96. The molecule has 0 aromatic heterocycles. The van der Waals surface area contributed by atoms with Gasteiger partial charge in [0.15, 0.2) is 0 Å². The third-order valence-corrected chi connectivity index (χ3v) is 4.54. The van der Waals surface area contributed by atoms with Gasteiger partial charge in [-0.25, -0.2) is 0 Å². The number of nitrogens with one attached hydrogen (secondary N) is 1. The Balaban J connectivity index is 1.67. The molecule has 0 spiro atoms. The van der Waals surface area contributed by atoms with Gasteiger partial charge in [-0.1, -0.05) is 30.3 Å². The zero-order chi connectivity index (χ0) is 16.2. The predicted octanol–water partition coefficient (Wildman–Crippen LogP) is 1.66. The number of carbonyl (C=O) groups excluding carboxylic acids is 3. The number of piperidine rings is 1. The molecule has 122 valence electrons. The third kappa shape index (κ3) is 3.97. The summed E-state index contributed by atoms with van der Waals surface area (Å²) in [5.74, 6) is -0.544. The summed E-state index contributed by atoms with van der Waals surface area (Å²) < 4.78 is 0. The smallest absolute Gasteiger partial charge is 0.289 e. The van der Waals surface area contributed by atoms with Gasteiger partial charge < -0.3 is 10.2 Å². The quantitative estimate of drug-likeness (QED) is 0.812. The Hall–Kier alpha value is -2.17. The summed E-state index contributed by atoms with van der Waals surface area (Å²) in [6, 6.07) is 8.95. The fourth-order valence-electron chi connectivity index (χ4n) is 2.97. The Morgan fingerprint density at radius 3 is 2.57 bits per heavy atom. The molecule has 0 radical (unpaired) electrons. The Labute approximate surface area is 136 Å². The van der Waals surface area contributed by atoms with Gasteiger partial charge in [-0.15, -0.1) is 0 Å². The normalized spacial score (nSPS) is 21.1. The standard InChI is InChI=1S/C18H22N2O3/c21-16-8-4-7-15(17(22)18(23)19-11-13-9-10-13)20(16)12-14-5-2-1-3-6-14/h1-3,5-6,13,15H,4,7-12H2,(H,19,23). The van der Waals surface area contributed by atoms with E-state index in [1.54, 1.807) is 4.90 Å². The fourth-order valence-corrected chi connectivity index (χ4v) is 2.97. The topological polar surface area (TPSA) is 66.5 Å². The largest absolute Gasteiger partial charge is 0.349 e. The molecule has 2 amide bonds. The zero-order valence-electron chi connectivity index (χ0n) is 13.2. The minimum Gasteiger partial charge on any atom is -0.349 e. The van der Waals surface area contributed by atoms with Crippen LogP contribution >= 0.6 is 0 Å². The van der Waals surface area contributed by atoms with E-state index >= 15 is 0 Å². The highest BCUT2D eigenvalue weighted by molar-refractivity contribution is 6.38. The summed E-state index contributed by atoms with van der Waals surface area (Å²) >= 11 is 0. The van der Waals surface area contributed by atoms with E-state index in [2.05, 4.69) is 5.32 Å². The molecule has 1 aliphatic carbocycles. The maximum Gasteiger partial charge on any atom is 0.289 e. The number of benzene rings is 1. The molecule has 1 aliphatic heterocycles. The first-order chi connectivity index (χ1) is 11.1. The van der Waals surface area contributed by atoms with Crippen LogP contribution in [0.4, 0.5) is 0 Å². The van der Waals surface area contributed by atoms with Gasteiger partial charge in [-0.2, -0.15) is 0 Å². The molecule has 1 aromatic rings. The van der Waals surface area contributed by atoms with Crippen molar-refractivity contribution in [3.63, 3.8) is 0 Å². The molecule has 1 heterocycles. The molecule has 5 heteroatoms. The van der Waals surface area contributed by atoms with Gasteiger partial charge in [-0.3, -0.25) is 14.4 Å². The lowest BCUT2D eigenvalue weighted by molar-refractivity contribution is -0.148. The number of likely N-dealkylation sites (tertiary alicyclic amines) is 1. The number of hydrogen-bond acceptors (Lipinski definition) is 3. The first-order valence-corrected chi connectivity index (χ1v) is 8.30. The zero-order valence-corrected chi connectivity index (χ0v) is 13.2. The molecule has 0 bridgehead atoms. The van der Waals surface area contributed by atoms with Crippen LogP contribution in [0.3, 0.4) is 0 Å². The van der Waals surface area contributed by atoms with Gasteiger partial charge in [0.25, 0.3) is 5.91 Å². The lowest BCUT2D eigenvalue weighted by Crippen LogP contribution is -2.52. The molecule has 1 N–H and O–H groups in total. The van der Waals surface area contributed by atoms with Crippen molar-refractivity contribution in [2.24, 2.45) is 5.92 Å². The second-order valence-electron chi connectivity index (χ2n) is 6.43. The van der Waals surface area contributed by atoms with E-state index < -0.39 is 17.7 Å². The fraction of sp³-hybridized carbons (Fsp3) is 0.500. The average Bonchev–Trinajstić information content (AvgIpc) is 3.39. The van der Waals surface area contributed by atoms with Crippen LogP contribution in [0, 0.1) is 5.92 Å². The second-order valence-corrected chi connectivity index (χ2v) is 6.43. The van der Waals surface area contributed by atoms with Crippen LogP contribution in [0.25, 0.3) is 0 Å². The van der Waals surface area contributed by atoms with Gasteiger partial charge in [0.05, 0.1) is 0 Å². The first-order valence-electron chi connectivity index (χ1n) is 8.30. The van der Waals surface area contributed by atoms with Crippen LogP contribution in [0.5, 0.6) is 0 Å². The van der Waals surface area contributed by atoms with Crippen LogP contribution in [-0.2, 0) is 20.9 Å². The van der Waals surface area contributed by atoms with Crippen molar-refractivity contribution in [1.82, 2.24) is 10.2 Å². The number of rotatable bonds is 6. The van der Waals surface area contributed by atoms with Crippen molar-refractivity contribution < 1.29 is 14.4 Å². The lowest BCUT2D eigenvalue weighted by Gasteiger charge is -2.34. The average molecular weight is 314 g/mol. The molecule has 2 fully saturated rings. The summed E-state index contributed by atoms with van der Waals surface area (Å²) in [6.45, 7) is 0.954. The van der Waals surface area contributed by atoms with Crippen LogP contribution in [-0.4, -0.2) is 35.1 Å². The van der Waals surface area contributed by atoms with Crippen molar-refractivity contribution in [1.29, 1.82) is 0 Å². The van der Waals surface area contributed by atoms with Crippen LogP contribution in [0.15, 0.2) is 30.3 Å². The summed E-state index contributed by atoms with van der Waals surface area (Å²) in [5.41, 5.74) is 0.971. The summed E-state index contributed by atoms with van der Waals surface area (Å²) in [4.78, 5) is 38.4. The maximum absolute atomic E-state index is 12.5. The molecule has 1 saturated heterocycles. The van der Waals surface area contributed by atoms with Gasteiger partial charge >= 0.3 is 0 Å². The summed E-state index contributed by atoms with van der Waals surface area (Å²) in [7, 11) is 0. The minimum absolute atomic E-state index is 0.0477. The van der Waals surface area contributed by atoms with E-state index in [0.717, 1.165) is 18.4 Å². The Kier molecular flexibility index (Phi) is 4.74. The monoisotopic (exact) mass is 314 g/mol. The van der Waals surface area contributed by atoms with E-state index in [-0.39, 0.29) is 5.91 Å². The van der Waals surface area contributed by atoms with Gasteiger partial charge in [-0.05, 0) is 37.2 Å². The number of nitrogens with zero attached hydrogens (tertiary/aromatic N) is 1. The molecule has 3 rings (SSSR count). The van der Waals surface area contributed by atoms with Gasteiger partial charge in [0.1, 0.15) is 6.04 Å². The number of ketones is 1. The summed E-state index contributed by atoms with van der Waals surface area (Å²) in [6.07, 6.45) is 3.91. The molecule has 23 heavy (non-hydrogen) atoms. The molecule has 2 aliphatic rings. The van der Waals surface area contributed by atoms with Gasteiger partial charge in [0.2, 0.25) is 11.7 Å². The van der Waals surface area contributed by atoms with E-state index in [1.165, 1.54) is 0 Å². The molecule has 1 unspecified atom stereocenters. The molecular formula is C18H22N2O3. The highest BCUT2D eigenvalue weighted by Gasteiger charge is 2.36. The Morgan fingerprint density at radius 2 is 1.87 bits per heavy atom. The number of carbonyl (C=O) groups is 3. The maximum atomic E-state index is 12.5. The number of hydrogen-bond donors (Lipinski definition) is 1. The van der Waals surface area contributed by atoms with Crippen LogP contribution < -0.4 is 5.32 Å². The Morgan fingerprint density at radius 1 is 1.13 bits per heavy atom. The van der Waals surface area contributed by atoms with E-state index in [1.807, 2.05) is 30.3 Å². The van der Waals surface area contributed by atoms with E-state index in [0.29, 0.717) is 38.3 Å². The Bertz CT molecular complexity index is 596. The molecule has 1 atom stereocenters. The van der Waals surface area contributed by atoms with Crippen molar-refractivity contribution >= 4 is 17.6 Å². The molecule has 1 aromatic carbocycles. The third-order valence-electron chi connectivity index (χ3n) is 4.54. The van der Waals surface area contributed by atoms with Crippen molar-refractivity contribution in [2.45, 2.75) is 44.7 Å². The number of Topliss-reactive ketones (excluding diaryl/α,β-unsaturated/α-hetero) is 1. The van der Waals surface area contributed by atoms with Crippen LogP contribution in [0.2, 0.25) is 0 Å².